The van der Waals surface area contributed by atoms with Crippen LogP contribution in [0, 0.1) is 11.3 Å². The third-order valence-corrected chi connectivity index (χ3v) is 2.61. The van der Waals surface area contributed by atoms with Crippen LogP contribution < -0.4 is 0 Å². The summed E-state index contributed by atoms with van der Waals surface area (Å²) in [5.74, 6) is 0.0263. The minimum Gasteiger partial charge on any atom is -0.378 e. The molecule has 0 saturated carbocycles. The molecular formula is C11H18N2O2. The number of rotatable bonds is 4. The molecular weight excluding hydrogens is 192 g/mol. The number of nitrogens with zero attached hydrogens (tertiary/aromatic N) is 2. The highest BCUT2D eigenvalue weighted by Crippen LogP contribution is 2.16. The summed E-state index contributed by atoms with van der Waals surface area (Å²) >= 11 is 0. The molecule has 0 bridgehead atoms. The second-order valence-corrected chi connectivity index (χ2v) is 4.11. The average molecular weight is 210 g/mol. The Labute approximate surface area is 90.8 Å². The van der Waals surface area contributed by atoms with E-state index in [4.69, 9.17) is 10.00 Å². The molecule has 1 unspecified atom stereocenters. The first-order valence-electron chi connectivity index (χ1n) is 5.43. The topological polar surface area (TPSA) is 53.3 Å². The molecule has 0 aliphatic carbocycles. The van der Waals surface area contributed by atoms with Gasteiger partial charge in [-0.3, -0.25) is 4.79 Å². The van der Waals surface area contributed by atoms with Crippen LogP contribution in [0.4, 0.5) is 0 Å². The zero-order valence-electron chi connectivity index (χ0n) is 9.40. The van der Waals surface area contributed by atoms with Crippen molar-refractivity contribution >= 4 is 5.91 Å². The van der Waals surface area contributed by atoms with Crippen molar-refractivity contribution in [3.05, 3.63) is 0 Å². The van der Waals surface area contributed by atoms with Gasteiger partial charge in [0.1, 0.15) is 6.54 Å². The molecule has 4 nitrogen and oxygen atoms in total. The second kappa shape index (κ2) is 5.72. The summed E-state index contributed by atoms with van der Waals surface area (Å²) in [4.78, 5) is 13.4. The molecule has 0 aromatic rings. The van der Waals surface area contributed by atoms with Gasteiger partial charge in [0.15, 0.2) is 0 Å². The highest BCUT2D eigenvalue weighted by molar-refractivity contribution is 5.77. The van der Waals surface area contributed by atoms with Crippen molar-refractivity contribution in [3.63, 3.8) is 0 Å². The molecule has 1 saturated heterocycles. The van der Waals surface area contributed by atoms with E-state index < -0.39 is 0 Å². The third kappa shape index (κ3) is 3.52. The van der Waals surface area contributed by atoms with Crippen molar-refractivity contribution < 1.29 is 9.53 Å². The fraction of sp³-hybridized carbons (Fsp3) is 0.818. The van der Waals surface area contributed by atoms with Gasteiger partial charge in [0.25, 0.3) is 0 Å². The first-order valence-corrected chi connectivity index (χ1v) is 5.43. The Kier molecular flexibility index (Phi) is 4.57. The van der Waals surface area contributed by atoms with E-state index in [9.17, 15) is 4.79 Å². The maximum absolute atomic E-state index is 11.8. The number of hydrogen-bond acceptors (Lipinski definition) is 3. The van der Waals surface area contributed by atoms with Crippen molar-refractivity contribution in [1.82, 2.24) is 4.90 Å². The van der Waals surface area contributed by atoms with E-state index in [0.29, 0.717) is 6.42 Å². The molecule has 1 rings (SSSR count). The highest BCUT2D eigenvalue weighted by atomic mass is 16.5. The minimum absolute atomic E-state index is 0.0263. The van der Waals surface area contributed by atoms with Crippen LogP contribution in [0.5, 0.6) is 0 Å². The van der Waals surface area contributed by atoms with Crippen LogP contribution >= 0.6 is 0 Å². The fourth-order valence-corrected chi connectivity index (χ4v) is 1.75. The van der Waals surface area contributed by atoms with Gasteiger partial charge in [-0.1, -0.05) is 0 Å². The van der Waals surface area contributed by atoms with Crippen LogP contribution in [0.3, 0.4) is 0 Å². The lowest BCUT2D eigenvalue weighted by Gasteiger charge is -2.25. The number of carbonyl (C=O) groups is 1. The van der Waals surface area contributed by atoms with E-state index in [1.807, 2.05) is 19.9 Å². The normalized spacial score (nSPS) is 20.3. The summed E-state index contributed by atoms with van der Waals surface area (Å²) in [5.41, 5.74) is 0. The number of hydrogen-bond donors (Lipinski definition) is 0. The molecule has 0 aromatic heterocycles. The van der Waals surface area contributed by atoms with Crippen molar-refractivity contribution in [2.24, 2.45) is 0 Å². The SMILES string of the molecule is CC(C)N(CC#N)C(=O)CC1CCCO1. The van der Waals surface area contributed by atoms with Gasteiger partial charge >= 0.3 is 0 Å². The van der Waals surface area contributed by atoms with Crippen molar-refractivity contribution in [3.8, 4) is 6.07 Å². The van der Waals surface area contributed by atoms with Crippen LogP contribution in [-0.2, 0) is 9.53 Å². The van der Waals surface area contributed by atoms with Crippen molar-refractivity contribution in [2.75, 3.05) is 13.2 Å². The maximum atomic E-state index is 11.8. The zero-order valence-corrected chi connectivity index (χ0v) is 9.40. The van der Waals surface area contributed by atoms with E-state index >= 15 is 0 Å². The largest absolute Gasteiger partial charge is 0.378 e. The monoisotopic (exact) mass is 210 g/mol. The second-order valence-electron chi connectivity index (χ2n) is 4.11. The van der Waals surface area contributed by atoms with E-state index in [1.54, 1.807) is 4.90 Å². The van der Waals surface area contributed by atoms with E-state index in [1.165, 1.54) is 0 Å². The standard InChI is InChI=1S/C11H18N2O2/c1-9(2)13(6-5-12)11(14)8-10-4-3-7-15-10/h9-10H,3-4,6-8H2,1-2H3. The molecule has 0 radical (unpaired) electrons. The Morgan fingerprint density at radius 2 is 2.40 bits per heavy atom. The lowest BCUT2D eigenvalue weighted by Crippen LogP contribution is -2.38. The van der Waals surface area contributed by atoms with Gasteiger partial charge < -0.3 is 9.64 Å². The van der Waals surface area contributed by atoms with Crippen LogP contribution in [0.15, 0.2) is 0 Å². The van der Waals surface area contributed by atoms with Gasteiger partial charge in [0.05, 0.1) is 18.6 Å². The molecule has 84 valence electrons. The number of ether oxygens (including phenoxy) is 1. The van der Waals surface area contributed by atoms with Gasteiger partial charge in [-0.2, -0.15) is 5.26 Å². The van der Waals surface area contributed by atoms with Crippen LogP contribution in [0.1, 0.15) is 33.1 Å². The Morgan fingerprint density at radius 1 is 1.67 bits per heavy atom. The van der Waals surface area contributed by atoms with Gasteiger partial charge in [-0.05, 0) is 26.7 Å². The molecule has 0 aromatic carbocycles. The predicted molar refractivity (Wildman–Crippen MR) is 56.1 cm³/mol. The first-order chi connectivity index (χ1) is 7.15. The lowest BCUT2D eigenvalue weighted by atomic mass is 10.1. The Morgan fingerprint density at radius 3 is 2.87 bits per heavy atom. The highest BCUT2D eigenvalue weighted by Gasteiger charge is 2.23. The zero-order chi connectivity index (χ0) is 11.3. The Bertz CT molecular complexity index is 252. The molecule has 1 amide bonds. The summed E-state index contributed by atoms with van der Waals surface area (Å²) in [6.07, 6.45) is 2.49. The summed E-state index contributed by atoms with van der Waals surface area (Å²) < 4.78 is 5.40. The number of carbonyl (C=O) groups excluding carboxylic acids is 1. The molecule has 1 atom stereocenters. The van der Waals surface area contributed by atoms with E-state index in [0.717, 1.165) is 19.4 Å². The van der Waals surface area contributed by atoms with E-state index in [-0.39, 0.29) is 24.6 Å². The van der Waals surface area contributed by atoms with Crippen LogP contribution in [0.25, 0.3) is 0 Å². The molecule has 4 heteroatoms. The smallest absolute Gasteiger partial charge is 0.226 e. The third-order valence-electron chi connectivity index (χ3n) is 2.61. The fourth-order valence-electron chi connectivity index (χ4n) is 1.75. The summed E-state index contributed by atoms with van der Waals surface area (Å²) in [5, 5.41) is 8.62. The van der Waals surface area contributed by atoms with Gasteiger partial charge in [-0.15, -0.1) is 0 Å². The van der Waals surface area contributed by atoms with Gasteiger partial charge in [0, 0.05) is 12.6 Å². The predicted octanol–water partition coefficient (Wildman–Crippen LogP) is 1.32. The molecule has 1 aliphatic heterocycles. The van der Waals surface area contributed by atoms with E-state index in [2.05, 4.69) is 0 Å². The molecule has 15 heavy (non-hydrogen) atoms. The minimum atomic E-state index is 0.0263. The molecule has 1 heterocycles. The summed E-state index contributed by atoms with van der Waals surface area (Å²) in [7, 11) is 0. The van der Waals surface area contributed by atoms with Crippen LogP contribution in [0.2, 0.25) is 0 Å². The number of amides is 1. The number of nitriles is 1. The Hall–Kier alpha value is -1.08. The van der Waals surface area contributed by atoms with Crippen molar-refractivity contribution in [2.45, 2.75) is 45.3 Å². The first kappa shape index (κ1) is 12.0. The average Bonchev–Trinajstić information content (AvgIpc) is 2.65. The maximum Gasteiger partial charge on any atom is 0.226 e. The van der Waals surface area contributed by atoms with Crippen LogP contribution in [-0.4, -0.2) is 36.1 Å². The Balaban J connectivity index is 2.45. The summed E-state index contributed by atoms with van der Waals surface area (Å²) in [6, 6.07) is 2.10. The molecule has 1 fully saturated rings. The quantitative estimate of drug-likeness (QED) is 0.657. The molecule has 0 N–H and O–H groups in total. The van der Waals surface area contributed by atoms with Crippen molar-refractivity contribution in [1.29, 1.82) is 5.26 Å². The summed E-state index contributed by atoms with van der Waals surface area (Å²) in [6.45, 7) is 4.77. The van der Waals surface area contributed by atoms with Gasteiger partial charge in [0.2, 0.25) is 5.91 Å². The van der Waals surface area contributed by atoms with Gasteiger partial charge in [-0.25, -0.2) is 0 Å². The molecule has 1 aliphatic rings. The molecule has 0 spiro atoms. The lowest BCUT2D eigenvalue weighted by molar-refractivity contribution is -0.134.